The molecule has 0 fully saturated rings. The maximum Gasteiger partial charge on any atom is 0.227 e. The first kappa shape index (κ1) is 18.0. The lowest BCUT2D eigenvalue weighted by Gasteiger charge is -2.15. The van der Waals surface area contributed by atoms with Gasteiger partial charge in [0.15, 0.2) is 11.5 Å². The summed E-state index contributed by atoms with van der Waals surface area (Å²) in [4.78, 5) is 11.3. The number of benzene rings is 2. The van der Waals surface area contributed by atoms with Crippen molar-refractivity contribution >= 4 is 0 Å². The van der Waals surface area contributed by atoms with E-state index < -0.39 is 6.04 Å². The molecule has 2 aromatic rings. The Bertz CT molecular complexity index is 825. The smallest absolute Gasteiger partial charge is 0.227 e. The van der Waals surface area contributed by atoms with Crippen molar-refractivity contribution in [2.75, 3.05) is 7.11 Å². The summed E-state index contributed by atoms with van der Waals surface area (Å²) in [5.74, 6) is 0.987. The van der Waals surface area contributed by atoms with Crippen LogP contribution in [0.15, 0.2) is 54.1 Å². The topological polar surface area (TPSA) is 61.6 Å². The second kappa shape index (κ2) is 7.60. The van der Waals surface area contributed by atoms with Crippen LogP contribution in [-0.4, -0.2) is 18.1 Å². The summed E-state index contributed by atoms with van der Waals surface area (Å²) in [7, 11) is 1.59. The van der Waals surface area contributed by atoms with Crippen molar-refractivity contribution in [3.8, 4) is 11.5 Å². The summed E-state index contributed by atoms with van der Waals surface area (Å²) in [5, 5.41) is 11.5. The normalized spacial score (nSPS) is 18.1. The van der Waals surface area contributed by atoms with E-state index in [1.165, 1.54) is 0 Å². The molecule has 0 radical (unpaired) electrons. The van der Waals surface area contributed by atoms with Gasteiger partial charge in [0.2, 0.25) is 6.04 Å². The second-order valence-electron chi connectivity index (χ2n) is 6.80. The van der Waals surface area contributed by atoms with E-state index in [0.717, 1.165) is 22.3 Å². The summed E-state index contributed by atoms with van der Waals surface area (Å²) in [6.07, 6.45) is 2.39. The zero-order chi connectivity index (χ0) is 18.7. The van der Waals surface area contributed by atoms with Crippen molar-refractivity contribution in [3.63, 3.8) is 0 Å². The maximum absolute atomic E-state index is 11.5. The van der Waals surface area contributed by atoms with Crippen LogP contribution in [0, 0.1) is 10.1 Å². The quantitative estimate of drug-likeness (QED) is 0.435. The summed E-state index contributed by atoms with van der Waals surface area (Å²) >= 11 is 0. The number of ether oxygens (including phenoxy) is 2. The molecule has 0 saturated heterocycles. The minimum absolute atomic E-state index is 0.179. The maximum atomic E-state index is 11.5. The Hall–Kier alpha value is -2.82. The minimum atomic E-state index is -0.644. The molecule has 0 aliphatic heterocycles. The van der Waals surface area contributed by atoms with Gasteiger partial charge in [0, 0.05) is 11.3 Å². The van der Waals surface area contributed by atoms with Crippen molar-refractivity contribution in [3.05, 3.63) is 80.9 Å². The Morgan fingerprint density at radius 1 is 1.23 bits per heavy atom. The van der Waals surface area contributed by atoms with E-state index in [0.29, 0.717) is 24.5 Å². The van der Waals surface area contributed by atoms with Crippen molar-refractivity contribution in [2.45, 2.75) is 38.8 Å². The Labute approximate surface area is 153 Å². The molecule has 3 rings (SSSR count). The summed E-state index contributed by atoms with van der Waals surface area (Å²) in [6.45, 7) is 4.35. The van der Waals surface area contributed by atoms with Gasteiger partial charge in [-0.25, -0.2) is 0 Å². The highest BCUT2D eigenvalue weighted by atomic mass is 16.6. The van der Waals surface area contributed by atoms with Crippen LogP contribution in [0.2, 0.25) is 0 Å². The molecule has 0 bridgehead atoms. The molecule has 0 heterocycles. The first-order valence-electron chi connectivity index (χ1n) is 8.65. The van der Waals surface area contributed by atoms with Gasteiger partial charge >= 0.3 is 0 Å². The lowest BCUT2D eigenvalue weighted by molar-refractivity contribution is -0.522. The zero-order valence-corrected chi connectivity index (χ0v) is 15.3. The lowest BCUT2D eigenvalue weighted by atomic mass is 9.96. The van der Waals surface area contributed by atoms with Crippen LogP contribution in [0.5, 0.6) is 11.5 Å². The van der Waals surface area contributed by atoms with Gasteiger partial charge in [-0.2, -0.15) is 0 Å². The first-order valence-corrected chi connectivity index (χ1v) is 8.65. The minimum Gasteiger partial charge on any atom is -0.493 e. The third-order valence-corrected chi connectivity index (χ3v) is 4.65. The average molecular weight is 353 g/mol. The van der Waals surface area contributed by atoms with Crippen LogP contribution in [-0.2, 0) is 13.0 Å². The molecule has 2 atom stereocenters. The molecular weight excluding hydrogens is 330 g/mol. The highest BCUT2D eigenvalue weighted by Crippen LogP contribution is 2.42. The molecule has 0 saturated carbocycles. The van der Waals surface area contributed by atoms with Crippen LogP contribution in [0.1, 0.15) is 36.5 Å². The molecular formula is C21H23NO4. The molecule has 0 N–H and O–H groups in total. The molecule has 0 aromatic heterocycles. The largest absolute Gasteiger partial charge is 0.493 e. The predicted octanol–water partition coefficient (Wildman–Crippen LogP) is 4.53. The van der Waals surface area contributed by atoms with Crippen LogP contribution in [0.25, 0.3) is 0 Å². The molecule has 0 unspecified atom stereocenters. The summed E-state index contributed by atoms with van der Waals surface area (Å²) < 4.78 is 11.4. The van der Waals surface area contributed by atoms with Crippen LogP contribution < -0.4 is 9.47 Å². The standard InChI is InChI=1S/C21H23NO4/c1-14(2)9-18-17-12-21(26-13-15-7-5-4-6-8-15)20(25-3)11-16(17)10-19(18)22(23)24/h4-9,11-12,18-19H,10,13H2,1-3H3/t18-,19-/m0/s1. The van der Waals surface area contributed by atoms with E-state index in [1.807, 2.05) is 62.4 Å². The predicted molar refractivity (Wildman–Crippen MR) is 100 cm³/mol. The third-order valence-electron chi connectivity index (χ3n) is 4.65. The number of nitro groups is 1. The van der Waals surface area contributed by atoms with Crippen molar-refractivity contribution in [2.24, 2.45) is 0 Å². The van der Waals surface area contributed by atoms with E-state index in [1.54, 1.807) is 7.11 Å². The SMILES string of the molecule is COc1cc2c(cc1OCc1ccccc1)[C@H](C=C(C)C)[C@@H]([N+](=O)[O-])C2. The molecule has 0 spiro atoms. The van der Waals surface area contributed by atoms with Crippen molar-refractivity contribution in [1.82, 2.24) is 0 Å². The molecule has 1 aliphatic rings. The highest BCUT2D eigenvalue weighted by molar-refractivity contribution is 5.52. The second-order valence-corrected chi connectivity index (χ2v) is 6.80. The summed E-state index contributed by atoms with van der Waals surface area (Å²) in [5.41, 5.74) is 4.03. The number of hydrogen-bond donors (Lipinski definition) is 0. The number of fused-ring (bicyclic) bond motifs is 1. The molecule has 136 valence electrons. The monoisotopic (exact) mass is 353 g/mol. The van der Waals surface area contributed by atoms with Gasteiger partial charge in [-0.05, 0) is 42.7 Å². The van der Waals surface area contributed by atoms with Gasteiger partial charge in [0.25, 0.3) is 0 Å². The Kier molecular flexibility index (Phi) is 5.26. The number of hydrogen-bond acceptors (Lipinski definition) is 4. The Morgan fingerprint density at radius 3 is 2.58 bits per heavy atom. The van der Waals surface area contributed by atoms with E-state index in [9.17, 15) is 10.1 Å². The van der Waals surface area contributed by atoms with Gasteiger partial charge in [0.05, 0.1) is 13.0 Å². The fourth-order valence-electron chi connectivity index (χ4n) is 3.44. The molecule has 0 amide bonds. The van der Waals surface area contributed by atoms with Gasteiger partial charge in [-0.3, -0.25) is 10.1 Å². The highest BCUT2D eigenvalue weighted by Gasteiger charge is 2.40. The number of allylic oxidation sites excluding steroid dienone is 1. The lowest BCUT2D eigenvalue weighted by Crippen LogP contribution is -2.23. The number of methoxy groups -OCH3 is 1. The molecule has 5 nitrogen and oxygen atoms in total. The molecule has 26 heavy (non-hydrogen) atoms. The van der Waals surface area contributed by atoms with Crippen LogP contribution in [0.4, 0.5) is 0 Å². The molecule has 1 aliphatic carbocycles. The summed E-state index contributed by atoms with van der Waals surface area (Å²) in [6, 6.07) is 13.0. The fraction of sp³-hybridized carbons (Fsp3) is 0.333. The van der Waals surface area contributed by atoms with E-state index in [-0.39, 0.29) is 10.8 Å². The number of nitrogens with zero attached hydrogens (tertiary/aromatic N) is 1. The van der Waals surface area contributed by atoms with Crippen molar-refractivity contribution in [1.29, 1.82) is 0 Å². The van der Waals surface area contributed by atoms with Gasteiger partial charge in [-0.1, -0.05) is 42.0 Å². The Balaban J connectivity index is 1.94. The fourth-order valence-corrected chi connectivity index (χ4v) is 3.44. The van der Waals surface area contributed by atoms with E-state index >= 15 is 0 Å². The van der Waals surface area contributed by atoms with Gasteiger partial charge in [-0.15, -0.1) is 0 Å². The molecule has 5 heteroatoms. The molecule has 2 aromatic carbocycles. The van der Waals surface area contributed by atoms with E-state index in [4.69, 9.17) is 9.47 Å². The first-order chi connectivity index (χ1) is 12.5. The van der Waals surface area contributed by atoms with Gasteiger partial charge < -0.3 is 9.47 Å². The van der Waals surface area contributed by atoms with Crippen molar-refractivity contribution < 1.29 is 14.4 Å². The van der Waals surface area contributed by atoms with Gasteiger partial charge in [0.1, 0.15) is 6.61 Å². The van der Waals surface area contributed by atoms with Crippen LogP contribution in [0.3, 0.4) is 0 Å². The Morgan fingerprint density at radius 2 is 1.96 bits per heavy atom. The third kappa shape index (κ3) is 3.72. The van der Waals surface area contributed by atoms with E-state index in [2.05, 4.69) is 0 Å². The van der Waals surface area contributed by atoms with Crippen LogP contribution >= 0.6 is 0 Å². The average Bonchev–Trinajstić information content (AvgIpc) is 2.97. The number of rotatable bonds is 6. The zero-order valence-electron chi connectivity index (χ0n) is 15.3.